The van der Waals surface area contributed by atoms with Crippen LogP contribution in [0.4, 0.5) is 23.7 Å². The molecule has 240 valence electrons. The molecule has 1 aliphatic rings. The summed E-state index contributed by atoms with van der Waals surface area (Å²) in [6.45, 7) is 5.85. The molecule has 0 saturated carbocycles. The summed E-state index contributed by atoms with van der Waals surface area (Å²) in [5.74, 6) is 0.0672. The first-order valence-corrected chi connectivity index (χ1v) is 15.4. The number of urea groups is 1. The highest BCUT2D eigenvalue weighted by atomic mass is 35.5. The van der Waals surface area contributed by atoms with Crippen LogP contribution in [-0.4, -0.2) is 56.0 Å². The standard InChI is InChI=1S/C31H29ClF3N7O3S/c1-18(2)24-15-14-22(32)16-25(24)41-26(43)17-46-30(41)37-28(44)39-40(4)19(3)20-10-12-21(13-11-20)27-36-29(45-31(33,34)35)42(38-27)23-8-6-5-7-9-23/h5-16,18-19H,17H2,1-4H3,(H,39,44). The predicted octanol–water partition coefficient (Wildman–Crippen LogP) is 7.36. The van der Waals surface area contributed by atoms with Crippen LogP contribution in [0.3, 0.4) is 0 Å². The fraction of sp³-hybridized carbons (Fsp3) is 0.258. The Balaban J connectivity index is 1.31. The van der Waals surface area contributed by atoms with E-state index in [1.54, 1.807) is 78.8 Å². The van der Waals surface area contributed by atoms with Gasteiger partial charge in [-0.25, -0.2) is 9.80 Å². The molecule has 3 aromatic carbocycles. The summed E-state index contributed by atoms with van der Waals surface area (Å²) < 4.78 is 44.3. The molecule has 0 spiro atoms. The number of benzene rings is 3. The first kappa shape index (κ1) is 33.0. The van der Waals surface area contributed by atoms with Crippen molar-refractivity contribution in [2.45, 2.75) is 39.1 Å². The van der Waals surface area contributed by atoms with E-state index in [4.69, 9.17) is 11.6 Å². The zero-order chi connectivity index (χ0) is 33.2. The number of para-hydroxylation sites is 1. The molecular weight excluding hydrogens is 643 g/mol. The monoisotopic (exact) mass is 671 g/mol. The lowest BCUT2D eigenvalue weighted by molar-refractivity contribution is -0.278. The number of amidine groups is 1. The molecule has 46 heavy (non-hydrogen) atoms. The molecular formula is C31H29ClF3N7O3S. The first-order chi connectivity index (χ1) is 21.8. The molecule has 1 saturated heterocycles. The van der Waals surface area contributed by atoms with Gasteiger partial charge >= 0.3 is 18.4 Å². The fourth-order valence-corrected chi connectivity index (χ4v) is 5.73. The van der Waals surface area contributed by atoms with E-state index in [1.165, 1.54) is 4.90 Å². The number of hydrogen-bond acceptors (Lipinski definition) is 7. The van der Waals surface area contributed by atoms with E-state index in [-0.39, 0.29) is 34.6 Å². The molecule has 1 aromatic heterocycles. The Bertz CT molecular complexity index is 1770. The maximum Gasteiger partial charge on any atom is 0.575 e. The molecule has 1 atom stereocenters. The lowest BCUT2D eigenvalue weighted by atomic mass is 10.0. The number of carbonyl (C=O) groups is 2. The number of hydrazine groups is 1. The SMILES string of the molecule is CC(C)c1ccc(Cl)cc1N1C(=O)CSC1=NC(=O)NN(C)C(C)c1ccc(-c2nc(OC(F)(F)F)n(-c3ccccc3)n2)cc1. The van der Waals surface area contributed by atoms with Crippen LogP contribution in [0.15, 0.2) is 77.8 Å². The van der Waals surface area contributed by atoms with Gasteiger partial charge in [-0.1, -0.05) is 85.7 Å². The van der Waals surface area contributed by atoms with Crippen molar-refractivity contribution in [3.8, 4) is 23.1 Å². The number of nitrogens with one attached hydrogen (secondary N) is 1. The van der Waals surface area contributed by atoms with Crippen LogP contribution in [0, 0.1) is 0 Å². The molecule has 0 aliphatic carbocycles. The number of alkyl halides is 3. The van der Waals surface area contributed by atoms with E-state index in [0.29, 0.717) is 22.0 Å². The smallest absolute Gasteiger partial charge is 0.370 e. The van der Waals surface area contributed by atoms with E-state index in [1.807, 2.05) is 26.8 Å². The number of rotatable bonds is 8. The summed E-state index contributed by atoms with van der Waals surface area (Å²) in [5, 5.41) is 6.51. The van der Waals surface area contributed by atoms with Crippen molar-refractivity contribution in [1.29, 1.82) is 0 Å². The Morgan fingerprint density at radius 1 is 1.09 bits per heavy atom. The number of halogens is 4. The van der Waals surface area contributed by atoms with Gasteiger partial charge in [0.05, 0.1) is 23.2 Å². The normalized spacial score (nSPS) is 15.2. The quantitative estimate of drug-likeness (QED) is 0.195. The van der Waals surface area contributed by atoms with Crippen molar-refractivity contribution in [1.82, 2.24) is 25.2 Å². The number of hydrogen-bond donors (Lipinski definition) is 1. The topological polar surface area (TPSA) is 105 Å². The van der Waals surface area contributed by atoms with Gasteiger partial charge < -0.3 is 4.74 Å². The molecule has 10 nitrogen and oxygen atoms in total. The third-order valence-electron chi connectivity index (χ3n) is 7.11. The minimum Gasteiger partial charge on any atom is -0.370 e. The second kappa shape index (κ2) is 13.5. The van der Waals surface area contributed by atoms with E-state index in [0.717, 1.165) is 27.6 Å². The average molecular weight is 672 g/mol. The van der Waals surface area contributed by atoms with Crippen molar-refractivity contribution < 1.29 is 27.5 Å². The highest BCUT2D eigenvalue weighted by Gasteiger charge is 2.35. The van der Waals surface area contributed by atoms with Crippen LogP contribution in [0.5, 0.6) is 6.01 Å². The van der Waals surface area contributed by atoms with Gasteiger partial charge in [-0.15, -0.1) is 18.3 Å². The zero-order valence-corrected chi connectivity index (χ0v) is 26.7. The summed E-state index contributed by atoms with van der Waals surface area (Å²) in [7, 11) is 1.67. The lowest BCUT2D eigenvalue weighted by Crippen LogP contribution is -2.40. The third kappa shape index (κ3) is 7.52. The van der Waals surface area contributed by atoms with E-state index in [2.05, 4.69) is 25.2 Å². The van der Waals surface area contributed by atoms with Gasteiger partial charge in [0.2, 0.25) is 5.91 Å². The molecule has 5 rings (SSSR count). The lowest BCUT2D eigenvalue weighted by Gasteiger charge is -2.25. The zero-order valence-electron chi connectivity index (χ0n) is 25.1. The number of nitrogens with zero attached hydrogens (tertiary/aromatic N) is 6. The van der Waals surface area contributed by atoms with Crippen LogP contribution in [0.1, 0.15) is 43.9 Å². The Morgan fingerprint density at radius 3 is 2.43 bits per heavy atom. The molecule has 1 N–H and O–H groups in total. The number of ether oxygens (including phenoxy) is 1. The molecule has 1 fully saturated rings. The molecule has 1 unspecified atom stereocenters. The minimum absolute atomic E-state index is 0.0354. The number of carbonyl (C=O) groups excluding carboxylic acids is 2. The second-order valence-electron chi connectivity index (χ2n) is 10.6. The average Bonchev–Trinajstić information content (AvgIpc) is 3.58. The second-order valence-corrected chi connectivity index (χ2v) is 12.0. The van der Waals surface area contributed by atoms with Crippen LogP contribution in [0.2, 0.25) is 5.02 Å². The molecule has 1 aliphatic heterocycles. The van der Waals surface area contributed by atoms with Gasteiger partial charge in [-0.3, -0.25) is 15.1 Å². The van der Waals surface area contributed by atoms with Crippen LogP contribution in [0.25, 0.3) is 17.1 Å². The Labute approximate surface area is 272 Å². The highest BCUT2D eigenvalue weighted by molar-refractivity contribution is 8.15. The molecule has 2 heterocycles. The summed E-state index contributed by atoms with van der Waals surface area (Å²) in [6, 6.07) is 18.6. The summed E-state index contributed by atoms with van der Waals surface area (Å²) in [6.07, 6.45) is -4.95. The summed E-state index contributed by atoms with van der Waals surface area (Å²) >= 11 is 7.40. The number of aromatic nitrogens is 3. The molecule has 3 amide bonds. The highest BCUT2D eigenvalue weighted by Crippen LogP contribution is 2.35. The first-order valence-electron chi connectivity index (χ1n) is 14.1. The van der Waals surface area contributed by atoms with Gasteiger partial charge in [-0.05, 0) is 48.2 Å². The summed E-state index contributed by atoms with van der Waals surface area (Å²) in [4.78, 5) is 35.4. The van der Waals surface area contributed by atoms with Crippen molar-refractivity contribution in [2.75, 3.05) is 17.7 Å². The maximum atomic E-state index is 13.1. The largest absolute Gasteiger partial charge is 0.575 e. The molecule has 4 aromatic rings. The van der Waals surface area contributed by atoms with Gasteiger partial charge in [-0.2, -0.15) is 14.7 Å². The van der Waals surface area contributed by atoms with E-state index in [9.17, 15) is 22.8 Å². The number of amides is 3. The van der Waals surface area contributed by atoms with Gasteiger partial charge in [0.15, 0.2) is 11.0 Å². The number of aliphatic imine (C=N–C) groups is 1. The Kier molecular flexibility index (Phi) is 9.70. The third-order valence-corrected chi connectivity index (χ3v) is 8.27. The van der Waals surface area contributed by atoms with E-state index >= 15 is 0 Å². The van der Waals surface area contributed by atoms with Gasteiger partial charge in [0, 0.05) is 17.6 Å². The van der Waals surface area contributed by atoms with Crippen molar-refractivity contribution in [3.05, 3.63) is 88.9 Å². The maximum absolute atomic E-state index is 13.1. The fourth-order valence-electron chi connectivity index (χ4n) is 4.70. The van der Waals surface area contributed by atoms with Crippen LogP contribution in [-0.2, 0) is 4.79 Å². The summed E-state index contributed by atoms with van der Waals surface area (Å²) in [5.41, 5.74) is 5.79. The van der Waals surface area contributed by atoms with Crippen LogP contribution >= 0.6 is 23.4 Å². The van der Waals surface area contributed by atoms with Crippen LogP contribution < -0.4 is 15.1 Å². The van der Waals surface area contributed by atoms with Crippen molar-refractivity contribution in [2.24, 2.45) is 4.99 Å². The van der Waals surface area contributed by atoms with Gasteiger partial charge in [0.25, 0.3) is 0 Å². The Hall–Kier alpha value is -4.40. The number of anilines is 1. The molecule has 15 heteroatoms. The van der Waals surface area contributed by atoms with Crippen molar-refractivity contribution >= 4 is 46.2 Å². The number of thioether (sulfide) groups is 1. The molecule has 0 bridgehead atoms. The Morgan fingerprint density at radius 2 is 1.78 bits per heavy atom. The van der Waals surface area contributed by atoms with Crippen molar-refractivity contribution in [3.63, 3.8) is 0 Å². The predicted molar refractivity (Wildman–Crippen MR) is 171 cm³/mol. The minimum atomic E-state index is -4.95. The molecule has 0 radical (unpaired) electrons. The van der Waals surface area contributed by atoms with E-state index < -0.39 is 18.4 Å². The van der Waals surface area contributed by atoms with Gasteiger partial charge in [0.1, 0.15) is 0 Å².